The lowest BCUT2D eigenvalue weighted by Gasteiger charge is -2.25. The summed E-state index contributed by atoms with van der Waals surface area (Å²) < 4.78 is 6.38. The van der Waals surface area contributed by atoms with E-state index >= 15 is 0 Å². The van der Waals surface area contributed by atoms with E-state index in [4.69, 9.17) is 4.52 Å². The SMILES string of the molecule is CCCCCCC(C)P(Oc1ccccc1)c1ccccc1. The summed E-state index contributed by atoms with van der Waals surface area (Å²) in [6, 6.07) is 20.9. The molecule has 0 aliphatic carbocycles. The minimum absolute atomic E-state index is 0.578. The largest absolute Gasteiger partial charge is 0.469 e. The molecule has 0 amide bonds. The van der Waals surface area contributed by atoms with Crippen LogP contribution in [-0.4, -0.2) is 5.66 Å². The maximum Gasteiger partial charge on any atom is 0.123 e. The van der Waals surface area contributed by atoms with Crippen molar-refractivity contribution in [1.82, 2.24) is 0 Å². The lowest BCUT2D eigenvalue weighted by Crippen LogP contribution is -2.15. The van der Waals surface area contributed by atoms with Crippen LogP contribution >= 0.6 is 8.15 Å². The fraction of sp³-hybridized carbons (Fsp3) is 0.400. The van der Waals surface area contributed by atoms with E-state index in [-0.39, 0.29) is 0 Å². The van der Waals surface area contributed by atoms with E-state index in [9.17, 15) is 0 Å². The van der Waals surface area contributed by atoms with Gasteiger partial charge in [-0.3, -0.25) is 0 Å². The van der Waals surface area contributed by atoms with Crippen LogP contribution < -0.4 is 9.83 Å². The van der Waals surface area contributed by atoms with Crippen LogP contribution in [0, 0.1) is 0 Å². The summed E-state index contributed by atoms with van der Waals surface area (Å²) in [7, 11) is -0.614. The van der Waals surface area contributed by atoms with E-state index in [2.05, 4.69) is 56.3 Å². The van der Waals surface area contributed by atoms with Gasteiger partial charge in [0.2, 0.25) is 0 Å². The molecule has 2 aromatic carbocycles. The van der Waals surface area contributed by atoms with Crippen molar-refractivity contribution >= 4 is 13.5 Å². The van der Waals surface area contributed by atoms with Crippen LogP contribution in [-0.2, 0) is 0 Å². The van der Waals surface area contributed by atoms with Crippen LogP contribution in [0.2, 0.25) is 0 Å². The van der Waals surface area contributed by atoms with E-state index in [1.165, 1.54) is 37.4 Å². The van der Waals surface area contributed by atoms with Gasteiger partial charge in [-0.1, -0.05) is 88.1 Å². The summed E-state index contributed by atoms with van der Waals surface area (Å²) in [6.45, 7) is 4.60. The molecule has 0 aliphatic heterocycles. The van der Waals surface area contributed by atoms with Gasteiger partial charge in [-0.25, -0.2) is 0 Å². The van der Waals surface area contributed by atoms with Gasteiger partial charge in [0, 0.05) is 11.0 Å². The molecule has 0 bridgehead atoms. The van der Waals surface area contributed by atoms with Crippen molar-refractivity contribution < 1.29 is 4.52 Å². The first-order chi connectivity index (χ1) is 10.8. The van der Waals surface area contributed by atoms with Crippen molar-refractivity contribution in [2.45, 2.75) is 51.6 Å². The summed E-state index contributed by atoms with van der Waals surface area (Å²) in [5.41, 5.74) is 0.578. The Morgan fingerprint density at radius 1 is 0.864 bits per heavy atom. The van der Waals surface area contributed by atoms with Gasteiger partial charge in [-0.05, 0) is 18.6 Å². The molecular formula is C20H27OP. The van der Waals surface area contributed by atoms with E-state index in [0.29, 0.717) is 5.66 Å². The molecular weight excluding hydrogens is 287 g/mol. The van der Waals surface area contributed by atoms with Crippen molar-refractivity contribution in [3.63, 3.8) is 0 Å². The summed E-state index contributed by atoms with van der Waals surface area (Å²) in [6.07, 6.45) is 6.52. The minimum Gasteiger partial charge on any atom is -0.469 e. The second-order valence-corrected chi connectivity index (χ2v) is 8.00. The lowest BCUT2D eigenvalue weighted by molar-refractivity contribution is 0.580. The maximum atomic E-state index is 6.38. The summed E-state index contributed by atoms with van der Waals surface area (Å²) in [5, 5.41) is 1.34. The standard InChI is InChI=1S/C20H27OP/c1-3-4-5-8-13-18(2)22(20-16-11-7-12-17-20)21-19-14-9-6-10-15-19/h6-7,9-12,14-18H,3-5,8,13H2,1-2H3. The molecule has 0 radical (unpaired) electrons. The Morgan fingerprint density at radius 2 is 1.50 bits per heavy atom. The highest BCUT2D eigenvalue weighted by Crippen LogP contribution is 2.44. The molecule has 2 rings (SSSR count). The molecule has 22 heavy (non-hydrogen) atoms. The van der Waals surface area contributed by atoms with E-state index in [0.717, 1.165) is 5.75 Å². The Morgan fingerprint density at radius 3 is 2.14 bits per heavy atom. The highest BCUT2D eigenvalue weighted by atomic mass is 31.1. The zero-order valence-corrected chi connectivity index (χ0v) is 14.6. The van der Waals surface area contributed by atoms with Crippen LogP contribution in [0.3, 0.4) is 0 Å². The van der Waals surface area contributed by atoms with Crippen LogP contribution in [0.5, 0.6) is 5.75 Å². The maximum absolute atomic E-state index is 6.38. The summed E-state index contributed by atoms with van der Waals surface area (Å²) >= 11 is 0. The number of hydrogen-bond acceptors (Lipinski definition) is 1. The molecule has 2 unspecified atom stereocenters. The Kier molecular flexibility index (Phi) is 7.46. The average Bonchev–Trinajstić information content (AvgIpc) is 2.58. The zero-order valence-electron chi connectivity index (χ0n) is 13.7. The first-order valence-electron chi connectivity index (χ1n) is 8.38. The molecule has 2 atom stereocenters. The first kappa shape index (κ1) is 17.0. The number of rotatable bonds is 9. The van der Waals surface area contributed by atoms with Crippen LogP contribution in [0.4, 0.5) is 0 Å². The quantitative estimate of drug-likeness (QED) is 0.398. The van der Waals surface area contributed by atoms with Gasteiger partial charge in [0.05, 0.1) is 0 Å². The molecule has 1 nitrogen and oxygen atoms in total. The normalized spacial score (nSPS) is 13.5. The molecule has 0 saturated heterocycles. The van der Waals surface area contributed by atoms with Gasteiger partial charge in [0.15, 0.2) is 0 Å². The summed E-state index contributed by atoms with van der Waals surface area (Å²) in [5.74, 6) is 0.984. The second kappa shape index (κ2) is 9.64. The van der Waals surface area contributed by atoms with Crippen molar-refractivity contribution in [2.75, 3.05) is 0 Å². The zero-order chi connectivity index (χ0) is 15.6. The van der Waals surface area contributed by atoms with E-state index < -0.39 is 8.15 Å². The van der Waals surface area contributed by atoms with Gasteiger partial charge in [-0.2, -0.15) is 0 Å². The summed E-state index contributed by atoms with van der Waals surface area (Å²) in [4.78, 5) is 0. The molecule has 2 heteroatoms. The van der Waals surface area contributed by atoms with Crippen molar-refractivity contribution in [3.05, 3.63) is 60.7 Å². The van der Waals surface area contributed by atoms with Crippen molar-refractivity contribution in [2.24, 2.45) is 0 Å². The Hall–Kier alpha value is -1.33. The molecule has 118 valence electrons. The minimum atomic E-state index is -0.614. The number of unbranched alkanes of at least 4 members (excludes halogenated alkanes) is 3. The third-order valence-electron chi connectivity index (χ3n) is 3.83. The molecule has 2 aromatic rings. The van der Waals surface area contributed by atoms with E-state index in [1.807, 2.05) is 18.2 Å². The van der Waals surface area contributed by atoms with Crippen LogP contribution in [0.1, 0.15) is 46.0 Å². The van der Waals surface area contributed by atoms with Crippen molar-refractivity contribution in [1.29, 1.82) is 0 Å². The molecule has 0 heterocycles. The van der Waals surface area contributed by atoms with Crippen molar-refractivity contribution in [3.8, 4) is 5.75 Å². The highest BCUT2D eigenvalue weighted by Gasteiger charge is 2.21. The molecule has 0 saturated carbocycles. The molecule has 0 fully saturated rings. The number of hydrogen-bond donors (Lipinski definition) is 0. The monoisotopic (exact) mass is 314 g/mol. The molecule has 0 spiro atoms. The van der Waals surface area contributed by atoms with Gasteiger partial charge in [-0.15, -0.1) is 0 Å². The first-order valence-corrected chi connectivity index (χ1v) is 9.71. The topological polar surface area (TPSA) is 9.23 Å². The fourth-order valence-corrected chi connectivity index (χ4v) is 4.58. The Labute approximate surface area is 136 Å². The highest BCUT2D eigenvalue weighted by molar-refractivity contribution is 7.62. The second-order valence-electron chi connectivity index (χ2n) is 5.76. The number of para-hydroxylation sites is 1. The predicted octanol–water partition coefficient (Wildman–Crippen LogP) is 6.15. The fourth-order valence-electron chi connectivity index (χ4n) is 2.55. The van der Waals surface area contributed by atoms with Gasteiger partial charge in [0.25, 0.3) is 0 Å². The number of benzene rings is 2. The third kappa shape index (κ3) is 5.46. The van der Waals surface area contributed by atoms with Gasteiger partial charge >= 0.3 is 0 Å². The lowest BCUT2D eigenvalue weighted by atomic mass is 10.1. The van der Waals surface area contributed by atoms with Gasteiger partial charge in [0.1, 0.15) is 13.9 Å². The van der Waals surface area contributed by atoms with E-state index in [1.54, 1.807) is 0 Å². The molecule has 0 aliphatic rings. The Bertz CT molecular complexity index is 512. The van der Waals surface area contributed by atoms with Crippen LogP contribution in [0.25, 0.3) is 0 Å². The third-order valence-corrected chi connectivity index (χ3v) is 6.11. The Balaban J connectivity index is 2.04. The smallest absolute Gasteiger partial charge is 0.123 e. The average molecular weight is 314 g/mol. The van der Waals surface area contributed by atoms with Gasteiger partial charge < -0.3 is 4.52 Å². The predicted molar refractivity (Wildman–Crippen MR) is 98.3 cm³/mol. The molecule has 0 aromatic heterocycles. The molecule has 0 N–H and O–H groups in total. The van der Waals surface area contributed by atoms with Crippen LogP contribution in [0.15, 0.2) is 60.7 Å².